The molecule has 0 heterocycles. The highest BCUT2D eigenvalue weighted by molar-refractivity contribution is 7.81. The fourth-order valence-electron chi connectivity index (χ4n) is 2.37. The summed E-state index contributed by atoms with van der Waals surface area (Å²) >= 11 is 4.68. The molecule has 13 heavy (non-hydrogen) atoms. The Bertz CT molecular complexity index is 158. The second-order valence-corrected chi connectivity index (χ2v) is 6.74. The van der Waals surface area contributed by atoms with Gasteiger partial charge >= 0.3 is 0 Å². The van der Waals surface area contributed by atoms with Crippen molar-refractivity contribution in [2.75, 3.05) is 0 Å². The van der Waals surface area contributed by atoms with Crippen LogP contribution in [0.25, 0.3) is 0 Å². The quantitative estimate of drug-likeness (QED) is 0.631. The summed E-state index contributed by atoms with van der Waals surface area (Å²) in [5, 5.41) is 0. The van der Waals surface area contributed by atoms with Crippen LogP contribution in [0.3, 0.4) is 0 Å². The maximum Gasteiger partial charge on any atom is 0.0101 e. The minimum absolute atomic E-state index is 0.231. The van der Waals surface area contributed by atoms with Crippen LogP contribution >= 0.6 is 12.6 Å². The first-order valence-electron chi connectivity index (χ1n) is 5.60. The van der Waals surface area contributed by atoms with Gasteiger partial charge in [0, 0.05) is 4.75 Å². The molecule has 0 nitrogen and oxygen atoms in total. The van der Waals surface area contributed by atoms with Crippen molar-refractivity contribution in [3.05, 3.63) is 0 Å². The maximum atomic E-state index is 4.68. The second-order valence-electron chi connectivity index (χ2n) is 5.59. The molecule has 1 rings (SSSR count). The summed E-state index contributed by atoms with van der Waals surface area (Å²) in [7, 11) is 0. The number of rotatable bonds is 2. The average molecular weight is 200 g/mol. The van der Waals surface area contributed by atoms with Gasteiger partial charge in [-0.05, 0) is 37.0 Å². The minimum Gasteiger partial charge on any atom is -0.173 e. The van der Waals surface area contributed by atoms with Crippen LogP contribution < -0.4 is 0 Å². The lowest BCUT2D eigenvalue weighted by molar-refractivity contribution is 0.148. The SMILES string of the molecule is CCC1(C)CCC(C(C)(C)S)CC1. The standard InChI is InChI=1S/C12H24S/c1-5-12(4)8-6-10(7-9-12)11(2,3)13/h10,13H,5-9H2,1-4H3. The molecule has 1 heteroatoms. The minimum atomic E-state index is 0.231. The van der Waals surface area contributed by atoms with Crippen LogP contribution in [0.2, 0.25) is 0 Å². The molecule has 0 aromatic carbocycles. The van der Waals surface area contributed by atoms with Crippen LogP contribution in [0.1, 0.15) is 59.8 Å². The van der Waals surface area contributed by atoms with Crippen LogP contribution in [0.5, 0.6) is 0 Å². The Hall–Kier alpha value is 0.350. The third kappa shape index (κ3) is 2.90. The third-order valence-corrected chi connectivity index (χ3v) is 4.41. The number of hydrogen-bond acceptors (Lipinski definition) is 1. The van der Waals surface area contributed by atoms with Gasteiger partial charge in [0.25, 0.3) is 0 Å². The van der Waals surface area contributed by atoms with Crippen molar-refractivity contribution in [1.29, 1.82) is 0 Å². The van der Waals surface area contributed by atoms with Crippen molar-refractivity contribution < 1.29 is 0 Å². The van der Waals surface area contributed by atoms with Gasteiger partial charge in [-0.1, -0.05) is 34.1 Å². The highest BCUT2D eigenvalue weighted by Crippen LogP contribution is 2.45. The van der Waals surface area contributed by atoms with E-state index in [0.717, 1.165) is 5.92 Å². The van der Waals surface area contributed by atoms with E-state index in [-0.39, 0.29) is 4.75 Å². The van der Waals surface area contributed by atoms with Gasteiger partial charge in [0.1, 0.15) is 0 Å². The molecule has 0 unspecified atom stereocenters. The monoisotopic (exact) mass is 200 g/mol. The zero-order valence-corrected chi connectivity index (χ0v) is 10.5. The molecule has 0 aliphatic heterocycles. The normalized spacial score (nSPS) is 36.2. The Balaban J connectivity index is 2.48. The zero-order chi connectivity index (χ0) is 10.1. The fourth-order valence-corrected chi connectivity index (χ4v) is 2.63. The van der Waals surface area contributed by atoms with Crippen LogP contribution in [0.4, 0.5) is 0 Å². The molecule has 1 aliphatic carbocycles. The summed E-state index contributed by atoms with van der Waals surface area (Å²) in [5.74, 6) is 0.829. The van der Waals surface area contributed by atoms with Gasteiger partial charge in [0.2, 0.25) is 0 Å². The summed E-state index contributed by atoms with van der Waals surface area (Å²) < 4.78 is 0.231. The van der Waals surface area contributed by atoms with E-state index in [1.165, 1.54) is 32.1 Å². The predicted octanol–water partition coefficient (Wildman–Crippen LogP) is 4.30. The van der Waals surface area contributed by atoms with Crippen LogP contribution in [-0.2, 0) is 0 Å². The number of hydrogen-bond donors (Lipinski definition) is 1. The molecule has 0 saturated heterocycles. The topological polar surface area (TPSA) is 0 Å². The molecular weight excluding hydrogens is 176 g/mol. The van der Waals surface area contributed by atoms with E-state index in [4.69, 9.17) is 0 Å². The van der Waals surface area contributed by atoms with E-state index >= 15 is 0 Å². The molecular formula is C12H24S. The van der Waals surface area contributed by atoms with E-state index in [0.29, 0.717) is 5.41 Å². The maximum absolute atomic E-state index is 4.68. The summed E-state index contributed by atoms with van der Waals surface area (Å²) in [4.78, 5) is 0. The van der Waals surface area contributed by atoms with Crippen molar-refractivity contribution in [3.8, 4) is 0 Å². The van der Waals surface area contributed by atoms with Gasteiger partial charge in [0.05, 0.1) is 0 Å². The highest BCUT2D eigenvalue weighted by Gasteiger charge is 2.34. The Labute approximate surface area is 88.9 Å². The largest absolute Gasteiger partial charge is 0.173 e. The lowest BCUT2D eigenvalue weighted by Gasteiger charge is -2.41. The van der Waals surface area contributed by atoms with Crippen molar-refractivity contribution in [2.45, 2.75) is 64.5 Å². The van der Waals surface area contributed by atoms with E-state index in [1.54, 1.807) is 0 Å². The molecule has 0 aromatic heterocycles. The van der Waals surface area contributed by atoms with Gasteiger partial charge in [-0.15, -0.1) is 0 Å². The summed E-state index contributed by atoms with van der Waals surface area (Å²) in [6.07, 6.45) is 6.89. The fraction of sp³-hybridized carbons (Fsp3) is 1.00. The van der Waals surface area contributed by atoms with E-state index < -0.39 is 0 Å². The molecule has 0 spiro atoms. The second kappa shape index (κ2) is 3.84. The summed E-state index contributed by atoms with van der Waals surface area (Å²) in [6, 6.07) is 0. The first kappa shape index (κ1) is 11.4. The molecule has 78 valence electrons. The summed E-state index contributed by atoms with van der Waals surface area (Å²) in [6.45, 7) is 9.28. The first-order valence-corrected chi connectivity index (χ1v) is 6.04. The Kier molecular flexibility index (Phi) is 3.38. The Morgan fingerprint density at radius 1 is 1.31 bits per heavy atom. The van der Waals surface area contributed by atoms with Crippen molar-refractivity contribution >= 4 is 12.6 Å². The molecule has 0 N–H and O–H groups in total. The predicted molar refractivity (Wildman–Crippen MR) is 63.4 cm³/mol. The smallest absolute Gasteiger partial charge is 0.0101 e. The zero-order valence-electron chi connectivity index (χ0n) is 9.56. The van der Waals surface area contributed by atoms with Gasteiger partial charge in [0.15, 0.2) is 0 Å². The van der Waals surface area contributed by atoms with Crippen LogP contribution in [-0.4, -0.2) is 4.75 Å². The Morgan fingerprint density at radius 2 is 1.77 bits per heavy atom. The molecule has 1 saturated carbocycles. The molecule has 0 aromatic rings. The van der Waals surface area contributed by atoms with E-state index in [9.17, 15) is 0 Å². The molecule has 0 amide bonds. The molecule has 1 aliphatic rings. The van der Waals surface area contributed by atoms with Gasteiger partial charge in [-0.25, -0.2) is 0 Å². The molecule has 1 fully saturated rings. The van der Waals surface area contributed by atoms with Gasteiger partial charge < -0.3 is 0 Å². The van der Waals surface area contributed by atoms with E-state index in [2.05, 4.69) is 40.3 Å². The van der Waals surface area contributed by atoms with Crippen LogP contribution in [0.15, 0.2) is 0 Å². The van der Waals surface area contributed by atoms with E-state index in [1.807, 2.05) is 0 Å². The Morgan fingerprint density at radius 3 is 2.08 bits per heavy atom. The molecule has 0 radical (unpaired) electrons. The van der Waals surface area contributed by atoms with Crippen molar-refractivity contribution in [3.63, 3.8) is 0 Å². The van der Waals surface area contributed by atoms with Crippen LogP contribution in [0, 0.1) is 11.3 Å². The third-order valence-electron chi connectivity index (χ3n) is 4.05. The van der Waals surface area contributed by atoms with Crippen molar-refractivity contribution in [2.24, 2.45) is 11.3 Å². The van der Waals surface area contributed by atoms with Crippen molar-refractivity contribution in [1.82, 2.24) is 0 Å². The lowest BCUT2D eigenvalue weighted by Crippen LogP contribution is -2.32. The molecule has 0 bridgehead atoms. The van der Waals surface area contributed by atoms with Gasteiger partial charge in [-0.3, -0.25) is 0 Å². The first-order chi connectivity index (χ1) is 5.87. The molecule has 0 atom stereocenters. The summed E-state index contributed by atoms with van der Waals surface area (Å²) in [5.41, 5.74) is 0.634. The highest BCUT2D eigenvalue weighted by atomic mass is 32.1. The van der Waals surface area contributed by atoms with Gasteiger partial charge in [-0.2, -0.15) is 12.6 Å². The number of thiol groups is 1. The average Bonchev–Trinajstić information content (AvgIpc) is 2.04. The lowest BCUT2D eigenvalue weighted by atomic mass is 9.68.